The molecule has 0 saturated carbocycles. The zero-order chi connectivity index (χ0) is 17.3. The average Bonchev–Trinajstić information content (AvgIpc) is 3.20. The van der Waals surface area contributed by atoms with Crippen LogP contribution in [0.4, 0.5) is 0 Å². The van der Waals surface area contributed by atoms with Crippen molar-refractivity contribution in [2.75, 3.05) is 26.8 Å². The van der Waals surface area contributed by atoms with Crippen molar-refractivity contribution in [1.29, 1.82) is 0 Å². The lowest BCUT2D eigenvalue weighted by Gasteiger charge is -2.35. The smallest absolute Gasteiger partial charge is 0.309 e. The van der Waals surface area contributed by atoms with Gasteiger partial charge in [0.25, 0.3) is 5.91 Å². The van der Waals surface area contributed by atoms with Gasteiger partial charge in [-0.05, 0) is 38.2 Å². The minimum Gasteiger partial charge on any atom is -0.495 e. The number of carboxylic acids is 1. The van der Waals surface area contributed by atoms with E-state index in [0.717, 1.165) is 17.7 Å². The third-order valence-electron chi connectivity index (χ3n) is 4.98. The zero-order valence-electron chi connectivity index (χ0n) is 14.0. The molecule has 2 saturated heterocycles. The number of carbonyl (C=O) groups is 2. The van der Waals surface area contributed by atoms with E-state index in [1.54, 1.807) is 7.11 Å². The van der Waals surface area contributed by atoms with Gasteiger partial charge in [0.05, 0.1) is 19.1 Å². The number of rotatable bonds is 4. The number of nitrogens with zero attached hydrogens (tertiary/aromatic N) is 1. The van der Waals surface area contributed by atoms with Gasteiger partial charge >= 0.3 is 5.97 Å². The summed E-state index contributed by atoms with van der Waals surface area (Å²) in [4.78, 5) is 27.6. The van der Waals surface area contributed by atoms with Crippen molar-refractivity contribution in [3.63, 3.8) is 0 Å². The molecular weight excluding hydrogens is 330 g/mol. The van der Waals surface area contributed by atoms with Gasteiger partial charge in [0.15, 0.2) is 0 Å². The standard InChI is InChI=1S/C17H23NO5S/c1-10-9-13(22-2)15(24-10)16(19)18-6-3-11(4-7-18)14-12(17(20)21)5-8-23-14/h9,11-12,14H,3-8H2,1-2H3,(H,20,21)/t12?,14-/m0/s1. The number of carboxylic acid groups (broad SMARTS) is 1. The third-order valence-corrected chi connectivity index (χ3v) is 6.00. The summed E-state index contributed by atoms with van der Waals surface area (Å²) in [5.74, 6) is -0.322. The first-order valence-corrected chi connectivity index (χ1v) is 9.11. The predicted molar refractivity (Wildman–Crippen MR) is 89.7 cm³/mol. The number of thiophene rings is 1. The van der Waals surface area contributed by atoms with E-state index in [1.165, 1.54) is 11.3 Å². The molecule has 6 nitrogen and oxygen atoms in total. The topological polar surface area (TPSA) is 76.1 Å². The van der Waals surface area contributed by atoms with Crippen LogP contribution in [0.1, 0.15) is 33.8 Å². The molecule has 3 rings (SSSR count). The molecule has 2 aliphatic heterocycles. The minimum absolute atomic E-state index is 0.00512. The fourth-order valence-electron chi connectivity index (χ4n) is 3.71. The van der Waals surface area contributed by atoms with Crippen molar-refractivity contribution >= 4 is 23.2 Å². The quantitative estimate of drug-likeness (QED) is 0.899. The largest absolute Gasteiger partial charge is 0.495 e. The number of piperidine rings is 1. The number of aliphatic carboxylic acids is 1. The molecule has 1 aromatic rings. The Kier molecular flexibility index (Phi) is 5.10. The Labute approximate surface area is 145 Å². The maximum absolute atomic E-state index is 12.7. The molecule has 1 aromatic heterocycles. The van der Waals surface area contributed by atoms with Gasteiger partial charge in [-0.15, -0.1) is 11.3 Å². The molecule has 2 aliphatic rings. The van der Waals surface area contributed by atoms with E-state index in [-0.39, 0.29) is 17.9 Å². The van der Waals surface area contributed by atoms with Crippen LogP contribution >= 0.6 is 11.3 Å². The van der Waals surface area contributed by atoms with Gasteiger partial charge in [-0.25, -0.2) is 0 Å². The van der Waals surface area contributed by atoms with Crippen LogP contribution in [0.5, 0.6) is 5.75 Å². The summed E-state index contributed by atoms with van der Waals surface area (Å²) in [7, 11) is 1.58. The highest BCUT2D eigenvalue weighted by molar-refractivity contribution is 7.14. The van der Waals surface area contributed by atoms with Crippen LogP contribution in [0.2, 0.25) is 0 Å². The van der Waals surface area contributed by atoms with E-state index in [4.69, 9.17) is 9.47 Å². The molecule has 0 aliphatic carbocycles. The molecule has 2 atom stereocenters. The molecule has 1 N–H and O–H groups in total. The number of aryl methyl sites for hydroxylation is 1. The molecule has 24 heavy (non-hydrogen) atoms. The van der Waals surface area contributed by atoms with Crippen LogP contribution < -0.4 is 4.74 Å². The molecule has 2 fully saturated rings. The highest BCUT2D eigenvalue weighted by Crippen LogP contribution is 2.35. The molecule has 3 heterocycles. The van der Waals surface area contributed by atoms with Gasteiger partial charge < -0.3 is 19.5 Å². The maximum Gasteiger partial charge on any atom is 0.309 e. The van der Waals surface area contributed by atoms with E-state index < -0.39 is 11.9 Å². The molecule has 0 bridgehead atoms. The Balaban J connectivity index is 1.62. The molecular formula is C17H23NO5S. The summed E-state index contributed by atoms with van der Waals surface area (Å²) in [6.07, 6.45) is 1.95. The van der Waals surface area contributed by atoms with Gasteiger partial charge in [-0.1, -0.05) is 0 Å². The summed E-state index contributed by atoms with van der Waals surface area (Å²) >= 11 is 1.45. The van der Waals surface area contributed by atoms with Gasteiger partial charge in [0, 0.05) is 24.6 Å². The highest BCUT2D eigenvalue weighted by atomic mass is 32.1. The summed E-state index contributed by atoms with van der Waals surface area (Å²) in [5.41, 5.74) is 0. The lowest BCUT2D eigenvalue weighted by molar-refractivity contribution is -0.145. The average molecular weight is 353 g/mol. The van der Waals surface area contributed by atoms with Crippen LogP contribution in [0.25, 0.3) is 0 Å². The number of amides is 1. The fraction of sp³-hybridized carbons (Fsp3) is 0.647. The van der Waals surface area contributed by atoms with Crippen LogP contribution in [0.3, 0.4) is 0 Å². The van der Waals surface area contributed by atoms with Crippen LogP contribution in [-0.4, -0.2) is 54.8 Å². The second-order valence-electron chi connectivity index (χ2n) is 6.45. The summed E-state index contributed by atoms with van der Waals surface area (Å²) < 4.78 is 11.0. The van der Waals surface area contributed by atoms with Gasteiger partial charge in [-0.3, -0.25) is 9.59 Å². The first-order chi connectivity index (χ1) is 11.5. The lowest BCUT2D eigenvalue weighted by Crippen LogP contribution is -2.43. The maximum atomic E-state index is 12.7. The SMILES string of the molecule is COc1cc(C)sc1C(=O)N1CCC([C@@H]2OCCC2C(=O)O)CC1. The van der Waals surface area contributed by atoms with Crippen LogP contribution in [-0.2, 0) is 9.53 Å². The minimum atomic E-state index is -0.769. The van der Waals surface area contributed by atoms with Gasteiger partial charge in [-0.2, -0.15) is 0 Å². The second kappa shape index (κ2) is 7.11. The van der Waals surface area contributed by atoms with Crippen molar-refractivity contribution in [1.82, 2.24) is 4.90 Å². The summed E-state index contributed by atoms with van der Waals surface area (Å²) in [5, 5.41) is 9.31. The first-order valence-electron chi connectivity index (χ1n) is 8.29. The van der Waals surface area contributed by atoms with Crippen molar-refractivity contribution in [2.24, 2.45) is 11.8 Å². The molecule has 1 unspecified atom stereocenters. The number of hydrogen-bond donors (Lipinski definition) is 1. The molecule has 0 aromatic carbocycles. The van der Waals surface area contributed by atoms with Crippen molar-refractivity contribution in [3.8, 4) is 5.75 Å². The molecule has 132 valence electrons. The van der Waals surface area contributed by atoms with Crippen LogP contribution in [0.15, 0.2) is 6.07 Å². The number of hydrogen-bond acceptors (Lipinski definition) is 5. The number of ether oxygens (including phenoxy) is 2. The first kappa shape index (κ1) is 17.2. The predicted octanol–water partition coefficient (Wildman–Crippen LogP) is 2.41. The second-order valence-corrected chi connectivity index (χ2v) is 7.71. The van der Waals surface area contributed by atoms with Gasteiger partial charge in [0.1, 0.15) is 10.6 Å². The number of methoxy groups -OCH3 is 1. The van der Waals surface area contributed by atoms with Crippen molar-refractivity contribution < 1.29 is 24.2 Å². The van der Waals surface area contributed by atoms with E-state index in [1.807, 2.05) is 17.9 Å². The molecule has 0 radical (unpaired) electrons. The normalized spacial score (nSPS) is 25.0. The third kappa shape index (κ3) is 3.28. The van der Waals surface area contributed by atoms with Crippen molar-refractivity contribution in [2.45, 2.75) is 32.3 Å². The lowest BCUT2D eigenvalue weighted by atomic mass is 9.84. The highest BCUT2D eigenvalue weighted by Gasteiger charge is 2.41. The van der Waals surface area contributed by atoms with Gasteiger partial charge in [0.2, 0.25) is 0 Å². The number of likely N-dealkylation sites (tertiary alicyclic amines) is 1. The molecule has 0 spiro atoms. The van der Waals surface area contributed by atoms with E-state index >= 15 is 0 Å². The Morgan fingerprint density at radius 1 is 1.33 bits per heavy atom. The van der Waals surface area contributed by atoms with E-state index in [2.05, 4.69) is 0 Å². The summed E-state index contributed by atoms with van der Waals surface area (Å²) in [6.45, 7) is 3.75. The fourth-order valence-corrected chi connectivity index (χ4v) is 4.65. The zero-order valence-corrected chi connectivity index (χ0v) is 14.8. The Morgan fingerprint density at radius 3 is 2.67 bits per heavy atom. The number of carbonyl (C=O) groups excluding carboxylic acids is 1. The Bertz CT molecular complexity index is 620. The monoisotopic (exact) mass is 353 g/mol. The molecule has 7 heteroatoms. The summed E-state index contributed by atoms with van der Waals surface area (Å²) in [6, 6.07) is 1.88. The Hall–Kier alpha value is -1.60. The van der Waals surface area contributed by atoms with E-state index in [0.29, 0.717) is 36.7 Å². The van der Waals surface area contributed by atoms with E-state index in [9.17, 15) is 14.7 Å². The molecule has 1 amide bonds. The van der Waals surface area contributed by atoms with Crippen molar-refractivity contribution in [3.05, 3.63) is 15.8 Å². The Morgan fingerprint density at radius 2 is 2.04 bits per heavy atom. The van der Waals surface area contributed by atoms with Crippen LogP contribution in [0, 0.1) is 18.8 Å².